The largest absolute Gasteiger partial charge is 0.465 e. The van der Waals surface area contributed by atoms with Crippen LogP contribution in [0.2, 0.25) is 0 Å². The van der Waals surface area contributed by atoms with Gasteiger partial charge in [0.15, 0.2) is 5.82 Å². The molecule has 0 atom stereocenters. The van der Waals surface area contributed by atoms with Crippen LogP contribution in [0.15, 0.2) is 42.7 Å². The second-order valence-electron chi connectivity index (χ2n) is 6.33. The third-order valence-corrected chi connectivity index (χ3v) is 4.73. The molecule has 2 aromatic heterocycles. The number of hydrogen-bond donors (Lipinski definition) is 1. The second-order valence-corrected chi connectivity index (χ2v) is 6.33. The van der Waals surface area contributed by atoms with E-state index in [1.165, 1.54) is 11.2 Å². The minimum Gasteiger partial charge on any atom is -0.465 e. The molecule has 1 N–H and O–H groups in total. The molecule has 1 saturated heterocycles. The van der Waals surface area contributed by atoms with Gasteiger partial charge >= 0.3 is 6.09 Å². The van der Waals surface area contributed by atoms with Crippen molar-refractivity contribution in [1.82, 2.24) is 19.9 Å². The summed E-state index contributed by atoms with van der Waals surface area (Å²) < 4.78 is 0. The smallest absolute Gasteiger partial charge is 0.407 e. The van der Waals surface area contributed by atoms with Crippen LogP contribution >= 0.6 is 0 Å². The molecule has 3 aromatic rings. The highest BCUT2D eigenvalue weighted by molar-refractivity contribution is 5.87. The maximum absolute atomic E-state index is 11.1. The van der Waals surface area contributed by atoms with Gasteiger partial charge in [-0.1, -0.05) is 24.3 Å². The summed E-state index contributed by atoms with van der Waals surface area (Å²) in [5, 5.41) is 9.12. The highest BCUT2D eigenvalue weighted by Crippen LogP contribution is 2.27. The van der Waals surface area contributed by atoms with Crippen molar-refractivity contribution in [2.45, 2.75) is 6.92 Å². The minimum absolute atomic E-state index is 0.457. The number of pyridine rings is 1. The molecule has 26 heavy (non-hydrogen) atoms. The molecule has 0 unspecified atom stereocenters. The summed E-state index contributed by atoms with van der Waals surface area (Å²) in [4.78, 5) is 28.2. The number of hydrogen-bond acceptors (Lipinski definition) is 5. The van der Waals surface area contributed by atoms with E-state index in [2.05, 4.69) is 33.9 Å². The van der Waals surface area contributed by atoms with E-state index in [4.69, 9.17) is 10.1 Å². The average molecular weight is 349 g/mol. The Morgan fingerprint density at radius 3 is 2.54 bits per heavy atom. The molecular weight excluding hydrogens is 330 g/mol. The van der Waals surface area contributed by atoms with Crippen molar-refractivity contribution in [2.24, 2.45) is 0 Å². The number of piperazine rings is 1. The van der Waals surface area contributed by atoms with Gasteiger partial charge in [-0.05, 0) is 24.6 Å². The molecule has 1 amide bonds. The van der Waals surface area contributed by atoms with Crippen molar-refractivity contribution in [3.05, 3.63) is 48.3 Å². The van der Waals surface area contributed by atoms with Crippen molar-refractivity contribution in [3.63, 3.8) is 0 Å². The van der Waals surface area contributed by atoms with E-state index in [-0.39, 0.29) is 0 Å². The van der Waals surface area contributed by atoms with Crippen molar-refractivity contribution < 1.29 is 9.90 Å². The lowest BCUT2D eigenvalue weighted by molar-refractivity contribution is 0.142. The van der Waals surface area contributed by atoms with Crippen LogP contribution in [0.4, 0.5) is 10.6 Å². The number of carboxylic acid groups (broad SMARTS) is 1. The molecule has 7 heteroatoms. The van der Waals surface area contributed by atoms with E-state index < -0.39 is 6.09 Å². The molecule has 0 bridgehead atoms. The summed E-state index contributed by atoms with van der Waals surface area (Å²) in [6, 6.07) is 12.1. The molecule has 1 aromatic carbocycles. The van der Waals surface area contributed by atoms with E-state index in [9.17, 15) is 4.79 Å². The van der Waals surface area contributed by atoms with Gasteiger partial charge in [-0.15, -0.1) is 0 Å². The van der Waals surface area contributed by atoms with Crippen LogP contribution in [0.5, 0.6) is 0 Å². The first kappa shape index (κ1) is 16.3. The summed E-state index contributed by atoms with van der Waals surface area (Å²) in [7, 11) is 0. The molecule has 1 fully saturated rings. The molecule has 4 rings (SSSR count). The topological polar surface area (TPSA) is 82.5 Å². The first-order valence-electron chi connectivity index (χ1n) is 8.54. The van der Waals surface area contributed by atoms with Gasteiger partial charge in [-0.25, -0.2) is 19.7 Å². The number of rotatable bonds is 2. The maximum Gasteiger partial charge on any atom is 0.407 e. The Kier molecular flexibility index (Phi) is 4.12. The molecule has 0 radical (unpaired) electrons. The number of benzene rings is 1. The van der Waals surface area contributed by atoms with Crippen molar-refractivity contribution >= 4 is 22.9 Å². The van der Waals surface area contributed by atoms with Gasteiger partial charge in [0.1, 0.15) is 11.8 Å². The lowest BCUT2D eigenvalue weighted by Gasteiger charge is -2.34. The van der Waals surface area contributed by atoms with Gasteiger partial charge in [0, 0.05) is 31.7 Å². The van der Waals surface area contributed by atoms with Gasteiger partial charge in [0.25, 0.3) is 0 Å². The Labute approximate surface area is 150 Å². The van der Waals surface area contributed by atoms with Crippen LogP contribution < -0.4 is 4.90 Å². The Hall–Kier alpha value is -3.22. The molecule has 132 valence electrons. The number of fused-ring (bicyclic) bond motifs is 1. The first-order chi connectivity index (χ1) is 12.6. The normalized spacial score (nSPS) is 14.7. The fourth-order valence-corrected chi connectivity index (χ4v) is 3.28. The third kappa shape index (κ3) is 2.92. The highest BCUT2D eigenvalue weighted by Gasteiger charge is 2.23. The van der Waals surface area contributed by atoms with Crippen LogP contribution in [0, 0.1) is 6.92 Å². The van der Waals surface area contributed by atoms with Crippen LogP contribution in [0.1, 0.15) is 5.56 Å². The third-order valence-electron chi connectivity index (χ3n) is 4.73. The SMILES string of the molecule is Cc1ccccc1-c1ccc2ncnc(N3CCN(C(=O)O)CC3)c2n1. The van der Waals surface area contributed by atoms with Gasteiger partial charge < -0.3 is 14.9 Å². The Morgan fingerprint density at radius 1 is 1.04 bits per heavy atom. The number of amides is 1. The fraction of sp³-hybridized carbons (Fsp3) is 0.263. The second kappa shape index (κ2) is 6.59. The van der Waals surface area contributed by atoms with E-state index in [0.29, 0.717) is 26.2 Å². The first-order valence-corrected chi connectivity index (χ1v) is 8.54. The molecule has 1 aliphatic heterocycles. The van der Waals surface area contributed by atoms with Gasteiger partial charge in [0.2, 0.25) is 0 Å². The molecule has 0 saturated carbocycles. The van der Waals surface area contributed by atoms with E-state index in [0.717, 1.165) is 33.7 Å². The highest BCUT2D eigenvalue weighted by atomic mass is 16.4. The average Bonchev–Trinajstić information content (AvgIpc) is 2.67. The molecule has 1 aliphatic rings. The summed E-state index contributed by atoms with van der Waals surface area (Å²) >= 11 is 0. The zero-order valence-corrected chi connectivity index (χ0v) is 14.5. The standard InChI is InChI=1S/C19H19N5O2/c1-13-4-2-3-5-14(13)15-6-7-16-17(22-15)18(21-12-20-16)23-8-10-24(11-9-23)19(25)26/h2-7,12H,8-11H2,1H3,(H,25,26). The van der Waals surface area contributed by atoms with E-state index >= 15 is 0 Å². The molecule has 0 spiro atoms. The number of aryl methyl sites for hydroxylation is 1. The number of nitrogens with zero attached hydrogens (tertiary/aromatic N) is 5. The van der Waals surface area contributed by atoms with Crippen molar-refractivity contribution in [1.29, 1.82) is 0 Å². The molecule has 7 nitrogen and oxygen atoms in total. The summed E-state index contributed by atoms with van der Waals surface area (Å²) in [6.07, 6.45) is 0.660. The van der Waals surface area contributed by atoms with Crippen molar-refractivity contribution in [3.8, 4) is 11.3 Å². The summed E-state index contributed by atoms with van der Waals surface area (Å²) in [6.45, 7) is 4.16. The maximum atomic E-state index is 11.1. The summed E-state index contributed by atoms with van der Waals surface area (Å²) in [5.41, 5.74) is 4.66. The Balaban J connectivity index is 1.73. The summed E-state index contributed by atoms with van der Waals surface area (Å²) in [5.74, 6) is 0.760. The van der Waals surface area contributed by atoms with Gasteiger partial charge in [-0.3, -0.25) is 0 Å². The van der Waals surface area contributed by atoms with Gasteiger partial charge in [-0.2, -0.15) is 0 Å². The molecule has 3 heterocycles. The van der Waals surface area contributed by atoms with E-state index in [1.54, 1.807) is 0 Å². The lowest BCUT2D eigenvalue weighted by atomic mass is 10.1. The zero-order chi connectivity index (χ0) is 18.1. The van der Waals surface area contributed by atoms with E-state index in [1.807, 2.05) is 24.3 Å². The quantitative estimate of drug-likeness (QED) is 0.766. The van der Waals surface area contributed by atoms with Crippen molar-refractivity contribution in [2.75, 3.05) is 31.1 Å². The number of carbonyl (C=O) groups is 1. The number of anilines is 1. The Bertz CT molecular complexity index is 967. The minimum atomic E-state index is -0.878. The van der Waals surface area contributed by atoms with Crippen LogP contribution in [0.25, 0.3) is 22.3 Å². The fourth-order valence-electron chi connectivity index (χ4n) is 3.28. The van der Waals surface area contributed by atoms with Crippen LogP contribution in [-0.4, -0.2) is 57.2 Å². The predicted octanol–water partition coefficient (Wildman–Crippen LogP) is 2.80. The van der Waals surface area contributed by atoms with Crippen LogP contribution in [0.3, 0.4) is 0 Å². The number of aromatic nitrogens is 3. The van der Waals surface area contributed by atoms with Crippen LogP contribution in [-0.2, 0) is 0 Å². The predicted molar refractivity (Wildman–Crippen MR) is 99.3 cm³/mol. The Morgan fingerprint density at radius 2 is 1.81 bits per heavy atom. The molecular formula is C19H19N5O2. The van der Waals surface area contributed by atoms with Gasteiger partial charge in [0.05, 0.1) is 11.2 Å². The lowest BCUT2D eigenvalue weighted by Crippen LogP contribution is -2.48. The zero-order valence-electron chi connectivity index (χ0n) is 14.5. The molecule has 0 aliphatic carbocycles. The monoisotopic (exact) mass is 349 g/mol.